The molecule has 2 N–H and O–H groups in total. The first-order chi connectivity index (χ1) is 6.16. The number of carbonyl (C=O) groups is 3. The SMILES string of the molecule is O=C1C=NC2C(=O)NC(=O)N=C2N1. The molecule has 0 aliphatic carbocycles. The van der Waals surface area contributed by atoms with E-state index in [1.165, 1.54) is 0 Å². The minimum Gasteiger partial charge on any atom is -0.307 e. The smallest absolute Gasteiger partial charge is 0.307 e. The Morgan fingerprint density at radius 1 is 1.23 bits per heavy atom. The zero-order chi connectivity index (χ0) is 9.42. The van der Waals surface area contributed by atoms with Gasteiger partial charge in [-0.3, -0.25) is 19.9 Å². The van der Waals surface area contributed by atoms with Gasteiger partial charge in [0.05, 0.1) is 6.21 Å². The fraction of sp³-hybridized carbons (Fsp3) is 0.167. The normalized spacial score (nSPS) is 26.0. The molecule has 7 heteroatoms. The molecule has 0 aromatic carbocycles. The zero-order valence-corrected chi connectivity index (χ0v) is 6.27. The van der Waals surface area contributed by atoms with E-state index in [0.29, 0.717) is 0 Å². The predicted molar refractivity (Wildman–Crippen MR) is 41.4 cm³/mol. The Morgan fingerprint density at radius 2 is 2.00 bits per heavy atom. The summed E-state index contributed by atoms with van der Waals surface area (Å²) in [5.74, 6) is -1.08. The van der Waals surface area contributed by atoms with Crippen molar-refractivity contribution in [2.24, 2.45) is 9.98 Å². The van der Waals surface area contributed by atoms with Crippen molar-refractivity contribution in [3.63, 3.8) is 0 Å². The molecular formula is C6H4N4O3. The van der Waals surface area contributed by atoms with Gasteiger partial charge in [0.15, 0.2) is 6.04 Å². The molecule has 0 bridgehead atoms. The Balaban J connectivity index is 2.41. The molecule has 13 heavy (non-hydrogen) atoms. The van der Waals surface area contributed by atoms with Gasteiger partial charge in [0.25, 0.3) is 11.8 Å². The second-order valence-corrected chi connectivity index (χ2v) is 2.46. The highest BCUT2D eigenvalue weighted by atomic mass is 16.2. The van der Waals surface area contributed by atoms with E-state index in [9.17, 15) is 14.4 Å². The molecule has 0 radical (unpaired) electrons. The van der Waals surface area contributed by atoms with Crippen LogP contribution in [0.25, 0.3) is 0 Å². The van der Waals surface area contributed by atoms with E-state index in [0.717, 1.165) is 6.21 Å². The first-order valence-electron chi connectivity index (χ1n) is 3.44. The number of amides is 4. The van der Waals surface area contributed by atoms with Crippen LogP contribution >= 0.6 is 0 Å². The Bertz CT molecular complexity index is 370. The number of nitrogens with zero attached hydrogens (tertiary/aromatic N) is 2. The number of carbonyl (C=O) groups excluding carboxylic acids is 3. The van der Waals surface area contributed by atoms with Gasteiger partial charge in [-0.05, 0) is 0 Å². The van der Waals surface area contributed by atoms with Crippen LogP contribution in [-0.4, -0.2) is 35.9 Å². The molecule has 1 unspecified atom stereocenters. The van der Waals surface area contributed by atoms with E-state index in [-0.39, 0.29) is 5.84 Å². The maximum absolute atomic E-state index is 11.1. The molecule has 7 nitrogen and oxygen atoms in total. The Morgan fingerprint density at radius 3 is 2.77 bits per heavy atom. The number of urea groups is 1. The summed E-state index contributed by atoms with van der Waals surface area (Å²) in [6, 6.07) is -1.68. The zero-order valence-electron chi connectivity index (χ0n) is 6.27. The number of amidine groups is 1. The number of fused-ring (bicyclic) bond motifs is 1. The molecule has 0 saturated carbocycles. The lowest BCUT2D eigenvalue weighted by atomic mass is 10.2. The van der Waals surface area contributed by atoms with Crippen LogP contribution < -0.4 is 10.6 Å². The molecule has 2 aliphatic heterocycles. The summed E-state index contributed by atoms with van der Waals surface area (Å²) in [4.78, 5) is 39.5. The van der Waals surface area contributed by atoms with Gasteiger partial charge < -0.3 is 5.32 Å². The van der Waals surface area contributed by atoms with Gasteiger partial charge in [-0.2, -0.15) is 4.99 Å². The summed E-state index contributed by atoms with van der Waals surface area (Å²) in [7, 11) is 0. The summed E-state index contributed by atoms with van der Waals surface area (Å²) < 4.78 is 0. The predicted octanol–water partition coefficient (Wildman–Crippen LogP) is -1.80. The van der Waals surface area contributed by atoms with E-state index >= 15 is 0 Å². The maximum atomic E-state index is 11.1. The van der Waals surface area contributed by atoms with Crippen LogP contribution in [0.3, 0.4) is 0 Å². The maximum Gasteiger partial charge on any atom is 0.349 e. The number of nitrogens with one attached hydrogen (secondary N) is 2. The van der Waals surface area contributed by atoms with Gasteiger partial charge in [0.1, 0.15) is 5.84 Å². The van der Waals surface area contributed by atoms with E-state index in [1.807, 2.05) is 5.32 Å². The van der Waals surface area contributed by atoms with Crippen LogP contribution in [0.15, 0.2) is 9.98 Å². The van der Waals surface area contributed by atoms with Gasteiger partial charge >= 0.3 is 6.03 Å². The highest BCUT2D eigenvalue weighted by Crippen LogP contribution is 2.03. The lowest BCUT2D eigenvalue weighted by Crippen LogP contribution is -2.54. The van der Waals surface area contributed by atoms with Gasteiger partial charge in [-0.15, -0.1) is 0 Å². The molecule has 2 aliphatic rings. The van der Waals surface area contributed by atoms with Crippen LogP contribution in [-0.2, 0) is 9.59 Å². The number of imide groups is 1. The van der Waals surface area contributed by atoms with Crippen molar-refractivity contribution < 1.29 is 14.4 Å². The molecule has 0 spiro atoms. The van der Waals surface area contributed by atoms with Crippen molar-refractivity contribution in [1.82, 2.24) is 10.6 Å². The van der Waals surface area contributed by atoms with Crippen LogP contribution in [0, 0.1) is 0 Å². The number of hydrogen-bond donors (Lipinski definition) is 2. The Kier molecular flexibility index (Phi) is 1.44. The topological polar surface area (TPSA) is 100.0 Å². The fourth-order valence-corrected chi connectivity index (χ4v) is 1.03. The third-order valence-corrected chi connectivity index (χ3v) is 1.55. The van der Waals surface area contributed by atoms with Crippen molar-refractivity contribution in [1.29, 1.82) is 0 Å². The summed E-state index contributed by atoms with van der Waals surface area (Å²) in [6.45, 7) is 0. The summed E-state index contributed by atoms with van der Waals surface area (Å²) in [6.07, 6.45) is 0.985. The molecule has 4 amide bonds. The van der Waals surface area contributed by atoms with Crippen molar-refractivity contribution in [3.05, 3.63) is 0 Å². The Hall–Kier alpha value is -2.05. The standard InChI is InChI=1S/C6H4N4O3/c11-2-1-7-3-4(8-2)9-6(13)10-5(3)12/h1,3H,(H2,8,9,10,11,12,13). The van der Waals surface area contributed by atoms with Gasteiger partial charge in [0.2, 0.25) is 0 Å². The molecule has 0 aromatic rings. The average molecular weight is 180 g/mol. The van der Waals surface area contributed by atoms with Crippen LogP contribution in [0.1, 0.15) is 0 Å². The van der Waals surface area contributed by atoms with Gasteiger partial charge in [0, 0.05) is 0 Å². The molecule has 1 atom stereocenters. The van der Waals surface area contributed by atoms with E-state index < -0.39 is 23.9 Å². The number of rotatable bonds is 0. The van der Waals surface area contributed by atoms with Crippen LogP contribution in [0.5, 0.6) is 0 Å². The van der Waals surface area contributed by atoms with E-state index in [1.54, 1.807) is 0 Å². The van der Waals surface area contributed by atoms with E-state index in [2.05, 4.69) is 15.3 Å². The van der Waals surface area contributed by atoms with E-state index in [4.69, 9.17) is 0 Å². The molecule has 0 saturated heterocycles. The second-order valence-electron chi connectivity index (χ2n) is 2.46. The molecule has 0 fully saturated rings. The van der Waals surface area contributed by atoms with Crippen LogP contribution in [0.4, 0.5) is 4.79 Å². The van der Waals surface area contributed by atoms with Crippen molar-refractivity contribution >= 4 is 29.9 Å². The number of hydrogen-bond acceptors (Lipinski definition) is 4. The van der Waals surface area contributed by atoms with Crippen molar-refractivity contribution in [2.45, 2.75) is 6.04 Å². The largest absolute Gasteiger partial charge is 0.349 e. The lowest BCUT2D eigenvalue weighted by Gasteiger charge is -2.20. The minimum absolute atomic E-state index is 0.0127. The molecule has 0 aromatic heterocycles. The van der Waals surface area contributed by atoms with Gasteiger partial charge in [-0.1, -0.05) is 0 Å². The van der Waals surface area contributed by atoms with Crippen molar-refractivity contribution in [2.75, 3.05) is 0 Å². The third kappa shape index (κ3) is 1.19. The van der Waals surface area contributed by atoms with Crippen LogP contribution in [0.2, 0.25) is 0 Å². The highest BCUT2D eigenvalue weighted by molar-refractivity contribution is 6.36. The first kappa shape index (κ1) is 7.59. The molecule has 66 valence electrons. The molecular weight excluding hydrogens is 176 g/mol. The number of aliphatic imine (C=N–C) groups is 2. The monoisotopic (exact) mass is 180 g/mol. The second kappa shape index (κ2) is 2.47. The molecule has 2 heterocycles. The highest BCUT2D eigenvalue weighted by Gasteiger charge is 2.33. The fourth-order valence-electron chi connectivity index (χ4n) is 1.03. The lowest BCUT2D eigenvalue weighted by molar-refractivity contribution is -0.120. The third-order valence-electron chi connectivity index (χ3n) is 1.55. The van der Waals surface area contributed by atoms with Crippen molar-refractivity contribution in [3.8, 4) is 0 Å². The summed E-state index contributed by atoms with van der Waals surface area (Å²) in [5.41, 5.74) is 0. The summed E-state index contributed by atoms with van der Waals surface area (Å²) in [5, 5.41) is 4.22. The molecule has 2 rings (SSSR count). The average Bonchev–Trinajstić information content (AvgIpc) is 2.02. The quantitative estimate of drug-likeness (QED) is 0.460. The van der Waals surface area contributed by atoms with Gasteiger partial charge in [-0.25, -0.2) is 4.79 Å². The minimum atomic E-state index is -0.893. The Labute approximate surface area is 71.9 Å². The summed E-state index contributed by atoms with van der Waals surface area (Å²) >= 11 is 0. The first-order valence-corrected chi connectivity index (χ1v) is 3.44.